The molecule has 0 saturated carbocycles. The van der Waals surface area contributed by atoms with E-state index in [1.165, 1.54) is 28.7 Å². The van der Waals surface area contributed by atoms with E-state index in [1.54, 1.807) is 20.8 Å². The minimum atomic E-state index is -4.47. The summed E-state index contributed by atoms with van der Waals surface area (Å²) in [6.07, 6.45) is -3.32. The van der Waals surface area contributed by atoms with Crippen LogP contribution in [0.1, 0.15) is 26.3 Å². The zero-order valence-electron chi connectivity index (χ0n) is 15.4. The maximum Gasteiger partial charge on any atom is 0.416 e. The zero-order chi connectivity index (χ0) is 20.7. The second-order valence-electron chi connectivity index (χ2n) is 7.29. The number of fused-ring (bicyclic) bond motifs is 1. The number of nitrogens with one attached hydrogen (secondary N) is 2. The first-order valence-electron chi connectivity index (χ1n) is 8.38. The van der Waals surface area contributed by atoms with Crippen LogP contribution in [0.4, 0.5) is 28.2 Å². The smallest absolute Gasteiger partial charge is 0.333 e. The molecular formula is C19H18F4N4O. The lowest BCUT2D eigenvalue weighted by Gasteiger charge is -2.20. The minimum absolute atomic E-state index is 0.104. The van der Waals surface area contributed by atoms with Crippen LogP contribution in [-0.2, 0) is 6.18 Å². The molecule has 0 radical (unpaired) electrons. The van der Waals surface area contributed by atoms with Gasteiger partial charge in [-0.05, 0) is 45.0 Å². The summed E-state index contributed by atoms with van der Waals surface area (Å²) >= 11 is 0. The Kier molecular flexibility index (Phi) is 4.78. The van der Waals surface area contributed by atoms with E-state index in [4.69, 9.17) is 0 Å². The lowest BCUT2D eigenvalue weighted by molar-refractivity contribution is -0.137. The van der Waals surface area contributed by atoms with Crippen molar-refractivity contribution in [1.29, 1.82) is 0 Å². The number of hydrogen-bond acceptors (Lipinski definition) is 2. The number of urea groups is 1. The van der Waals surface area contributed by atoms with Crippen LogP contribution in [0.2, 0.25) is 0 Å². The van der Waals surface area contributed by atoms with E-state index in [9.17, 15) is 22.4 Å². The summed E-state index contributed by atoms with van der Waals surface area (Å²) in [5.41, 5.74) is -0.368. The second kappa shape index (κ2) is 6.81. The van der Waals surface area contributed by atoms with Crippen molar-refractivity contribution in [3.63, 3.8) is 0 Å². The van der Waals surface area contributed by atoms with Crippen molar-refractivity contribution < 1.29 is 22.4 Å². The molecule has 148 valence electrons. The largest absolute Gasteiger partial charge is 0.416 e. The fraction of sp³-hybridized carbons (Fsp3) is 0.263. The number of carbonyl (C=O) groups is 1. The first-order valence-corrected chi connectivity index (χ1v) is 8.38. The average Bonchev–Trinajstić information content (AvgIpc) is 2.89. The van der Waals surface area contributed by atoms with Crippen LogP contribution >= 0.6 is 0 Å². The predicted molar refractivity (Wildman–Crippen MR) is 97.5 cm³/mol. The Morgan fingerprint density at radius 2 is 1.68 bits per heavy atom. The maximum absolute atomic E-state index is 13.7. The van der Waals surface area contributed by atoms with Crippen LogP contribution < -0.4 is 10.6 Å². The van der Waals surface area contributed by atoms with Crippen LogP contribution in [0, 0.1) is 5.82 Å². The van der Waals surface area contributed by atoms with Gasteiger partial charge in [0, 0.05) is 17.3 Å². The van der Waals surface area contributed by atoms with Crippen molar-refractivity contribution in [2.75, 3.05) is 5.32 Å². The molecule has 5 nitrogen and oxygen atoms in total. The molecule has 0 saturated heterocycles. The molecule has 0 atom stereocenters. The highest BCUT2D eigenvalue weighted by Gasteiger charge is 2.30. The van der Waals surface area contributed by atoms with Crippen LogP contribution in [0.15, 0.2) is 42.6 Å². The molecule has 0 fully saturated rings. The molecule has 2 heterocycles. The van der Waals surface area contributed by atoms with E-state index in [0.29, 0.717) is 11.2 Å². The lowest BCUT2D eigenvalue weighted by atomic mass is 10.1. The number of nitrogens with zero attached hydrogens (tertiary/aromatic N) is 2. The van der Waals surface area contributed by atoms with Gasteiger partial charge in [-0.2, -0.15) is 13.2 Å². The fourth-order valence-electron chi connectivity index (χ4n) is 2.68. The lowest BCUT2D eigenvalue weighted by Crippen LogP contribution is -2.43. The number of anilines is 1. The van der Waals surface area contributed by atoms with Gasteiger partial charge in [-0.1, -0.05) is 12.1 Å². The molecule has 1 aromatic carbocycles. The van der Waals surface area contributed by atoms with Crippen molar-refractivity contribution in [3.8, 4) is 11.3 Å². The fourth-order valence-corrected chi connectivity index (χ4v) is 2.68. The molecule has 2 amide bonds. The third kappa shape index (κ3) is 4.24. The molecule has 0 bridgehead atoms. The summed E-state index contributed by atoms with van der Waals surface area (Å²) in [7, 11) is 0. The van der Waals surface area contributed by atoms with Crippen LogP contribution in [0.3, 0.4) is 0 Å². The van der Waals surface area contributed by atoms with Gasteiger partial charge in [-0.3, -0.25) is 9.72 Å². The van der Waals surface area contributed by atoms with Crippen LogP contribution in [0.5, 0.6) is 0 Å². The summed E-state index contributed by atoms with van der Waals surface area (Å²) in [5.74, 6) is -0.448. The molecule has 0 aliphatic heterocycles. The number of pyridine rings is 1. The Hall–Kier alpha value is -3.10. The molecule has 28 heavy (non-hydrogen) atoms. The Balaban J connectivity index is 2.08. The molecule has 0 spiro atoms. The first kappa shape index (κ1) is 19.7. The third-order valence-corrected chi connectivity index (χ3v) is 3.79. The van der Waals surface area contributed by atoms with E-state index in [-0.39, 0.29) is 11.5 Å². The highest BCUT2D eigenvalue weighted by molar-refractivity contribution is 5.93. The number of rotatable bonds is 2. The quantitative estimate of drug-likeness (QED) is 0.596. The Labute approximate surface area is 158 Å². The standard InChI is InChI=1S/C19H18F4N4O/c1-18(2,3)26-17(28)25-16-15(27-10-13(20)8-9-14(27)24-16)11-4-6-12(7-5-11)19(21,22)23/h4-10H,1-3H3,(H2,25,26,28). The highest BCUT2D eigenvalue weighted by atomic mass is 19.4. The van der Waals surface area contributed by atoms with Gasteiger partial charge in [-0.15, -0.1) is 0 Å². The van der Waals surface area contributed by atoms with E-state index in [2.05, 4.69) is 15.6 Å². The monoisotopic (exact) mass is 394 g/mol. The number of amides is 2. The number of imidazole rings is 1. The number of halogens is 4. The minimum Gasteiger partial charge on any atom is -0.333 e. The van der Waals surface area contributed by atoms with Gasteiger partial charge in [0.05, 0.1) is 11.3 Å². The number of hydrogen-bond donors (Lipinski definition) is 2. The van der Waals surface area contributed by atoms with Crippen molar-refractivity contribution in [2.24, 2.45) is 0 Å². The predicted octanol–water partition coefficient (Wildman–Crippen LogP) is 5.08. The summed E-state index contributed by atoms with van der Waals surface area (Å²) < 4.78 is 53.7. The van der Waals surface area contributed by atoms with Crippen LogP contribution in [0.25, 0.3) is 16.9 Å². The summed E-state index contributed by atoms with van der Waals surface area (Å²) in [6, 6.07) is 6.44. The van der Waals surface area contributed by atoms with Crippen molar-refractivity contribution in [2.45, 2.75) is 32.5 Å². The van der Waals surface area contributed by atoms with Crippen molar-refractivity contribution >= 4 is 17.5 Å². The summed E-state index contributed by atoms with van der Waals surface area (Å²) in [5, 5.41) is 5.30. The molecule has 2 N–H and O–H groups in total. The average molecular weight is 394 g/mol. The molecule has 9 heteroatoms. The molecule has 2 aromatic heterocycles. The normalized spacial score (nSPS) is 12.2. The third-order valence-electron chi connectivity index (χ3n) is 3.79. The van der Waals surface area contributed by atoms with Gasteiger partial charge in [0.1, 0.15) is 11.5 Å². The summed E-state index contributed by atoms with van der Waals surface area (Å²) in [4.78, 5) is 16.5. The number of alkyl halides is 3. The molecule has 0 unspecified atom stereocenters. The van der Waals surface area contributed by atoms with Crippen LogP contribution in [-0.4, -0.2) is 21.0 Å². The summed E-state index contributed by atoms with van der Waals surface area (Å²) in [6.45, 7) is 5.38. The van der Waals surface area contributed by atoms with Gasteiger partial charge in [0.2, 0.25) is 0 Å². The number of benzene rings is 1. The van der Waals surface area contributed by atoms with E-state index < -0.39 is 29.1 Å². The van der Waals surface area contributed by atoms with E-state index in [1.807, 2.05) is 0 Å². The van der Waals surface area contributed by atoms with Gasteiger partial charge in [0.15, 0.2) is 5.82 Å². The molecule has 3 rings (SSSR count). The van der Waals surface area contributed by atoms with E-state index in [0.717, 1.165) is 18.3 Å². The molecule has 0 aliphatic rings. The van der Waals surface area contributed by atoms with Gasteiger partial charge in [0.25, 0.3) is 0 Å². The van der Waals surface area contributed by atoms with Crippen molar-refractivity contribution in [1.82, 2.24) is 14.7 Å². The zero-order valence-corrected chi connectivity index (χ0v) is 15.4. The number of aromatic nitrogens is 2. The Bertz CT molecular complexity index is 1020. The van der Waals surface area contributed by atoms with Gasteiger partial charge >= 0.3 is 12.2 Å². The first-order chi connectivity index (χ1) is 12.9. The maximum atomic E-state index is 13.7. The Morgan fingerprint density at radius 1 is 1.04 bits per heavy atom. The molecular weight excluding hydrogens is 376 g/mol. The van der Waals surface area contributed by atoms with Crippen molar-refractivity contribution in [3.05, 3.63) is 54.0 Å². The second-order valence-corrected chi connectivity index (χ2v) is 7.29. The topological polar surface area (TPSA) is 58.4 Å². The van der Waals surface area contributed by atoms with Gasteiger partial charge < -0.3 is 5.32 Å². The SMILES string of the molecule is CC(C)(C)NC(=O)Nc1nc2ccc(F)cn2c1-c1ccc(C(F)(F)F)cc1. The number of carbonyl (C=O) groups excluding carboxylic acids is 1. The van der Waals surface area contributed by atoms with E-state index >= 15 is 0 Å². The Morgan fingerprint density at radius 3 is 2.25 bits per heavy atom. The molecule has 3 aromatic rings. The highest BCUT2D eigenvalue weighted by Crippen LogP contribution is 2.33. The van der Waals surface area contributed by atoms with Gasteiger partial charge in [-0.25, -0.2) is 14.2 Å². The molecule has 0 aliphatic carbocycles.